The molecule has 0 unspecified atom stereocenters. The van der Waals surface area contributed by atoms with E-state index in [1.165, 1.54) is 6.08 Å². The van der Waals surface area contributed by atoms with Gasteiger partial charge in [-0.15, -0.1) is 0 Å². The van der Waals surface area contributed by atoms with Gasteiger partial charge in [0.25, 0.3) is 0 Å². The van der Waals surface area contributed by atoms with Crippen LogP contribution in [0, 0.1) is 6.92 Å². The zero-order chi connectivity index (χ0) is 16.5. The average molecular weight is 426 g/mol. The van der Waals surface area contributed by atoms with E-state index in [1.807, 2.05) is 13.8 Å². The molecule has 0 saturated carbocycles. The van der Waals surface area contributed by atoms with Crippen LogP contribution in [0.2, 0.25) is 0 Å². The molecular weight excluding hydrogens is 412 g/mol. The maximum absolute atomic E-state index is 13.2. The van der Waals surface area contributed by atoms with E-state index in [2.05, 4.69) is 0 Å². The molecule has 0 spiro atoms. The summed E-state index contributed by atoms with van der Waals surface area (Å²) in [6.07, 6.45) is -5.24. The Hall–Kier alpha value is -1.25. The number of aryl methyl sites for hydroxylation is 2. The molecule has 7 heteroatoms. The van der Waals surface area contributed by atoms with Crippen LogP contribution in [0.15, 0.2) is 17.7 Å². The van der Waals surface area contributed by atoms with Crippen LogP contribution in [-0.2, 0) is 16.0 Å². The van der Waals surface area contributed by atoms with Gasteiger partial charge in [-0.25, -0.2) is 4.79 Å². The van der Waals surface area contributed by atoms with Crippen molar-refractivity contribution in [2.45, 2.75) is 32.5 Å². The normalized spacial score (nSPS) is 17.4. The Bertz CT molecular complexity index is 623. The maximum Gasteiger partial charge on any atom is 0.430 e. The summed E-state index contributed by atoms with van der Waals surface area (Å²) >= 11 is 1.75. The van der Waals surface area contributed by atoms with Crippen molar-refractivity contribution in [3.05, 3.63) is 34.4 Å². The Morgan fingerprint density at radius 1 is 1.41 bits per heavy atom. The standard InChI is InChI=1S/C15H14F3IO3/c1-3-9-4-8(2)5-10-6-11(14(20)21-7-19)13(15(16,17)18)22-12(9)10/h4-6,13H,3,7H2,1-2H3/t13-/m0/s1. The van der Waals surface area contributed by atoms with Gasteiger partial charge in [0.15, 0.2) is 0 Å². The summed E-state index contributed by atoms with van der Waals surface area (Å²) in [5.74, 6) is -0.830. The molecule has 1 atom stereocenters. The van der Waals surface area contributed by atoms with Crippen molar-refractivity contribution >= 4 is 34.6 Å². The minimum atomic E-state index is -4.69. The Morgan fingerprint density at radius 2 is 2.09 bits per heavy atom. The SMILES string of the molecule is CCc1cc(C)cc2c1O[C@H](C(F)(F)F)C(C(=O)OCI)=C2. The number of carbonyl (C=O) groups excluding carboxylic acids is 1. The third-order valence-corrected chi connectivity index (χ3v) is 3.58. The summed E-state index contributed by atoms with van der Waals surface area (Å²) in [7, 11) is 0. The lowest BCUT2D eigenvalue weighted by atomic mass is 9.96. The first-order chi connectivity index (χ1) is 10.3. The second-order valence-corrected chi connectivity index (χ2v) is 5.50. The highest BCUT2D eigenvalue weighted by atomic mass is 127. The number of hydrogen-bond donors (Lipinski definition) is 0. The quantitative estimate of drug-likeness (QED) is 0.413. The minimum Gasteiger partial charge on any atom is -0.475 e. The van der Waals surface area contributed by atoms with Gasteiger partial charge >= 0.3 is 12.1 Å². The molecule has 3 nitrogen and oxygen atoms in total. The monoisotopic (exact) mass is 426 g/mol. The lowest BCUT2D eigenvalue weighted by Gasteiger charge is -2.29. The van der Waals surface area contributed by atoms with Crippen LogP contribution in [0.1, 0.15) is 23.6 Å². The topological polar surface area (TPSA) is 35.5 Å². The van der Waals surface area contributed by atoms with E-state index in [-0.39, 0.29) is 10.4 Å². The molecule has 1 aromatic rings. The molecule has 1 heterocycles. The fourth-order valence-electron chi connectivity index (χ4n) is 2.36. The van der Waals surface area contributed by atoms with Gasteiger partial charge in [0, 0.05) is 5.56 Å². The van der Waals surface area contributed by atoms with Gasteiger partial charge in [0.05, 0.1) is 5.57 Å². The molecule has 0 amide bonds. The van der Waals surface area contributed by atoms with E-state index < -0.39 is 23.8 Å². The number of ether oxygens (including phenoxy) is 2. The Balaban J connectivity index is 2.58. The van der Waals surface area contributed by atoms with Crippen molar-refractivity contribution in [2.75, 3.05) is 4.61 Å². The third kappa shape index (κ3) is 3.39. The molecule has 0 fully saturated rings. The maximum atomic E-state index is 13.2. The van der Waals surface area contributed by atoms with Crippen molar-refractivity contribution < 1.29 is 27.4 Å². The summed E-state index contributed by atoms with van der Waals surface area (Å²) < 4.78 is 49.5. The number of rotatable bonds is 3. The zero-order valence-electron chi connectivity index (χ0n) is 12.0. The van der Waals surface area contributed by atoms with Gasteiger partial charge in [-0.05, 0) is 59.2 Å². The Kier molecular flexibility index (Phi) is 5.03. The molecule has 0 aliphatic carbocycles. The third-order valence-electron chi connectivity index (χ3n) is 3.27. The summed E-state index contributed by atoms with van der Waals surface area (Å²) in [6, 6.07) is 3.48. The van der Waals surface area contributed by atoms with E-state index in [9.17, 15) is 18.0 Å². The van der Waals surface area contributed by atoms with Crippen molar-refractivity contribution in [2.24, 2.45) is 0 Å². The summed E-state index contributed by atoms with van der Waals surface area (Å²) in [4.78, 5) is 11.8. The van der Waals surface area contributed by atoms with Crippen LogP contribution in [-0.4, -0.2) is 22.9 Å². The first-order valence-corrected chi connectivity index (χ1v) is 8.12. The van der Waals surface area contributed by atoms with E-state index in [0.717, 1.165) is 5.56 Å². The van der Waals surface area contributed by atoms with Crippen molar-refractivity contribution in [1.82, 2.24) is 0 Å². The molecule has 1 aromatic carbocycles. The van der Waals surface area contributed by atoms with Crippen molar-refractivity contribution in [1.29, 1.82) is 0 Å². The fourth-order valence-corrected chi connectivity index (χ4v) is 2.64. The van der Waals surface area contributed by atoms with Crippen LogP contribution in [0.5, 0.6) is 5.75 Å². The Morgan fingerprint density at radius 3 is 2.64 bits per heavy atom. The number of hydrogen-bond acceptors (Lipinski definition) is 3. The molecule has 1 aliphatic rings. The van der Waals surface area contributed by atoms with Gasteiger partial charge in [-0.3, -0.25) is 0 Å². The number of esters is 1. The first kappa shape index (κ1) is 17.1. The number of benzene rings is 1. The number of alkyl halides is 4. The molecule has 0 radical (unpaired) electrons. The van der Waals surface area contributed by atoms with Gasteiger partial charge in [-0.1, -0.05) is 13.0 Å². The molecule has 0 saturated heterocycles. The molecule has 120 valence electrons. The molecule has 0 aromatic heterocycles. The van der Waals surface area contributed by atoms with Crippen LogP contribution >= 0.6 is 22.6 Å². The van der Waals surface area contributed by atoms with E-state index in [4.69, 9.17) is 9.47 Å². The van der Waals surface area contributed by atoms with Crippen LogP contribution in [0.25, 0.3) is 6.08 Å². The highest BCUT2D eigenvalue weighted by Gasteiger charge is 2.49. The fraction of sp³-hybridized carbons (Fsp3) is 0.400. The molecule has 2 rings (SSSR count). The molecule has 0 N–H and O–H groups in total. The molecular formula is C15H14F3IO3. The van der Waals surface area contributed by atoms with E-state index in [0.29, 0.717) is 17.5 Å². The molecule has 22 heavy (non-hydrogen) atoms. The minimum absolute atomic E-state index is 0.0284. The second-order valence-electron chi connectivity index (χ2n) is 4.88. The predicted octanol–water partition coefficient (Wildman–Crippen LogP) is 4.20. The zero-order valence-corrected chi connectivity index (χ0v) is 14.1. The smallest absolute Gasteiger partial charge is 0.430 e. The van der Waals surface area contributed by atoms with Crippen LogP contribution in [0.4, 0.5) is 13.2 Å². The lowest BCUT2D eigenvalue weighted by Crippen LogP contribution is -2.41. The summed E-state index contributed by atoms with van der Waals surface area (Å²) in [5, 5.41) is 0. The van der Waals surface area contributed by atoms with E-state index >= 15 is 0 Å². The lowest BCUT2D eigenvalue weighted by molar-refractivity contribution is -0.187. The second kappa shape index (κ2) is 6.47. The largest absolute Gasteiger partial charge is 0.475 e. The van der Waals surface area contributed by atoms with Crippen molar-refractivity contribution in [3.63, 3.8) is 0 Å². The molecule has 1 aliphatic heterocycles. The van der Waals surface area contributed by atoms with Crippen LogP contribution in [0.3, 0.4) is 0 Å². The van der Waals surface area contributed by atoms with Gasteiger partial charge in [-0.2, -0.15) is 13.2 Å². The van der Waals surface area contributed by atoms with Crippen LogP contribution < -0.4 is 4.74 Å². The highest BCUT2D eigenvalue weighted by molar-refractivity contribution is 14.1. The Labute approximate surface area is 139 Å². The first-order valence-electron chi connectivity index (χ1n) is 6.59. The molecule has 0 bridgehead atoms. The average Bonchev–Trinajstić information content (AvgIpc) is 2.44. The van der Waals surface area contributed by atoms with Crippen molar-refractivity contribution in [3.8, 4) is 5.75 Å². The summed E-state index contributed by atoms with van der Waals surface area (Å²) in [5.41, 5.74) is 1.52. The van der Waals surface area contributed by atoms with E-state index in [1.54, 1.807) is 34.7 Å². The highest BCUT2D eigenvalue weighted by Crippen LogP contribution is 2.40. The number of fused-ring (bicyclic) bond motifs is 1. The van der Waals surface area contributed by atoms with Gasteiger partial charge in [0.2, 0.25) is 6.10 Å². The number of carbonyl (C=O) groups is 1. The number of halogens is 4. The predicted molar refractivity (Wildman–Crippen MR) is 84.0 cm³/mol. The summed E-state index contributed by atoms with van der Waals surface area (Å²) in [6.45, 7) is 3.68. The van der Waals surface area contributed by atoms with Gasteiger partial charge in [0.1, 0.15) is 10.4 Å². The van der Waals surface area contributed by atoms with Gasteiger partial charge < -0.3 is 9.47 Å².